The molecule has 0 radical (unpaired) electrons. The van der Waals surface area contributed by atoms with Gasteiger partial charge < -0.3 is 9.64 Å². The molecular formula is C19H30N2O3S. The Bertz CT molecular complexity index is 602. The maximum absolute atomic E-state index is 12.8. The summed E-state index contributed by atoms with van der Waals surface area (Å²) in [6, 6.07) is 0.337. The Kier molecular flexibility index (Phi) is 6.60. The van der Waals surface area contributed by atoms with Gasteiger partial charge in [0, 0.05) is 17.8 Å². The molecule has 0 bridgehead atoms. The Morgan fingerprint density at radius 1 is 1.40 bits per heavy atom. The summed E-state index contributed by atoms with van der Waals surface area (Å²) < 4.78 is 4.98. The predicted molar refractivity (Wildman–Crippen MR) is 99.5 cm³/mol. The summed E-state index contributed by atoms with van der Waals surface area (Å²) >= 11 is 1.42. The van der Waals surface area contributed by atoms with Crippen molar-refractivity contribution in [2.75, 3.05) is 6.61 Å². The van der Waals surface area contributed by atoms with Crippen LogP contribution in [0.2, 0.25) is 0 Å². The van der Waals surface area contributed by atoms with Gasteiger partial charge in [0.2, 0.25) is 5.91 Å². The van der Waals surface area contributed by atoms with Crippen LogP contribution in [0.5, 0.6) is 0 Å². The minimum atomic E-state index is -0.395. The van der Waals surface area contributed by atoms with Crippen LogP contribution < -0.4 is 0 Å². The fourth-order valence-corrected chi connectivity index (χ4v) is 3.93. The van der Waals surface area contributed by atoms with Crippen LogP contribution in [0.25, 0.3) is 0 Å². The van der Waals surface area contributed by atoms with E-state index in [0.29, 0.717) is 37.2 Å². The summed E-state index contributed by atoms with van der Waals surface area (Å²) in [5.74, 6) is 0.167. The number of ether oxygens (including phenoxy) is 1. The van der Waals surface area contributed by atoms with Gasteiger partial charge >= 0.3 is 5.97 Å². The normalized spacial score (nSPS) is 15.7. The smallest absolute Gasteiger partial charge is 0.357 e. The second kappa shape index (κ2) is 8.30. The van der Waals surface area contributed by atoms with Crippen molar-refractivity contribution in [1.82, 2.24) is 9.88 Å². The van der Waals surface area contributed by atoms with Crippen molar-refractivity contribution in [2.24, 2.45) is 11.3 Å². The number of aromatic nitrogens is 1. The maximum atomic E-state index is 12.8. The van der Waals surface area contributed by atoms with Crippen LogP contribution in [0.4, 0.5) is 0 Å². The molecule has 6 heteroatoms. The van der Waals surface area contributed by atoms with Gasteiger partial charge in [-0.25, -0.2) is 9.78 Å². The number of carbonyl (C=O) groups excluding carboxylic acids is 2. The number of hydrogen-bond donors (Lipinski definition) is 0. The number of carbonyl (C=O) groups is 2. The molecule has 1 aromatic heterocycles. The molecule has 1 aromatic rings. The molecule has 1 heterocycles. The first kappa shape index (κ1) is 19.9. The summed E-state index contributed by atoms with van der Waals surface area (Å²) in [5.41, 5.74) is 0.569. The van der Waals surface area contributed by atoms with Crippen molar-refractivity contribution in [3.05, 3.63) is 16.1 Å². The molecule has 0 aliphatic heterocycles. The highest BCUT2D eigenvalue weighted by Gasteiger charge is 2.34. The molecule has 0 aromatic carbocycles. The molecule has 1 aliphatic rings. The lowest BCUT2D eigenvalue weighted by Gasteiger charge is -2.26. The van der Waals surface area contributed by atoms with E-state index >= 15 is 0 Å². The van der Waals surface area contributed by atoms with Crippen molar-refractivity contribution in [3.63, 3.8) is 0 Å². The van der Waals surface area contributed by atoms with E-state index in [1.807, 2.05) is 4.90 Å². The zero-order valence-corrected chi connectivity index (χ0v) is 16.8. The van der Waals surface area contributed by atoms with Crippen LogP contribution in [0, 0.1) is 11.3 Å². The molecule has 25 heavy (non-hydrogen) atoms. The second-order valence-corrected chi connectivity index (χ2v) is 9.12. The largest absolute Gasteiger partial charge is 0.461 e. The number of rotatable bonds is 8. The summed E-state index contributed by atoms with van der Waals surface area (Å²) in [6.07, 6.45) is 3.73. The molecule has 1 unspecified atom stereocenters. The molecule has 1 atom stereocenters. The highest BCUT2D eigenvalue weighted by atomic mass is 32.1. The average molecular weight is 367 g/mol. The van der Waals surface area contributed by atoms with Crippen molar-refractivity contribution >= 4 is 23.2 Å². The zero-order valence-electron chi connectivity index (χ0n) is 16.0. The van der Waals surface area contributed by atoms with Crippen LogP contribution in [-0.4, -0.2) is 34.4 Å². The molecule has 1 fully saturated rings. The Balaban J connectivity index is 1.97. The van der Waals surface area contributed by atoms with Crippen molar-refractivity contribution in [3.8, 4) is 0 Å². The lowest BCUT2D eigenvalue weighted by atomic mass is 9.84. The van der Waals surface area contributed by atoms with Gasteiger partial charge in [-0.2, -0.15) is 0 Å². The van der Waals surface area contributed by atoms with Gasteiger partial charge in [-0.05, 0) is 37.5 Å². The lowest BCUT2D eigenvalue weighted by Crippen LogP contribution is -2.34. The van der Waals surface area contributed by atoms with E-state index in [-0.39, 0.29) is 11.3 Å². The van der Waals surface area contributed by atoms with Gasteiger partial charge in [0.25, 0.3) is 0 Å². The van der Waals surface area contributed by atoms with Crippen LogP contribution in [0.3, 0.4) is 0 Å². The third kappa shape index (κ3) is 6.42. The van der Waals surface area contributed by atoms with Crippen LogP contribution in [0.1, 0.15) is 75.8 Å². The van der Waals surface area contributed by atoms with Gasteiger partial charge in [-0.15, -0.1) is 11.3 Å². The van der Waals surface area contributed by atoms with Crippen LogP contribution in [-0.2, 0) is 16.1 Å². The van der Waals surface area contributed by atoms with Crippen molar-refractivity contribution in [1.29, 1.82) is 0 Å². The predicted octanol–water partition coefficient (Wildman–Crippen LogP) is 4.27. The first-order valence-electron chi connectivity index (χ1n) is 9.10. The van der Waals surface area contributed by atoms with Gasteiger partial charge in [-0.1, -0.05) is 27.7 Å². The highest BCUT2D eigenvalue weighted by Crippen LogP contribution is 2.32. The standard InChI is InChI=1S/C19H30N2O3S/c1-6-24-18(23)15-12-25-16(20-15)11-21(14-7-8-14)17(22)9-13(2)10-19(3,4)5/h12-14H,6-11H2,1-5H3. The topological polar surface area (TPSA) is 59.5 Å². The highest BCUT2D eigenvalue weighted by molar-refractivity contribution is 7.09. The number of amides is 1. The van der Waals surface area contributed by atoms with Crippen LogP contribution in [0.15, 0.2) is 5.38 Å². The van der Waals surface area contributed by atoms with E-state index in [2.05, 4.69) is 32.7 Å². The molecule has 0 N–H and O–H groups in total. The molecule has 5 nitrogen and oxygen atoms in total. The molecular weight excluding hydrogens is 336 g/mol. The van der Waals surface area contributed by atoms with Crippen LogP contribution >= 0.6 is 11.3 Å². The maximum Gasteiger partial charge on any atom is 0.357 e. The SMILES string of the molecule is CCOC(=O)c1csc(CN(C(=O)CC(C)CC(C)(C)C)C2CC2)n1. The summed E-state index contributed by atoms with van der Waals surface area (Å²) in [6.45, 7) is 11.4. The first-order chi connectivity index (χ1) is 11.7. The third-order valence-corrected chi connectivity index (χ3v) is 4.97. The summed E-state index contributed by atoms with van der Waals surface area (Å²) in [4.78, 5) is 30.8. The first-order valence-corrected chi connectivity index (χ1v) is 9.98. The van der Waals surface area contributed by atoms with E-state index in [9.17, 15) is 9.59 Å². The van der Waals surface area contributed by atoms with E-state index in [0.717, 1.165) is 24.3 Å². The van der Waals surface area contributed by atoms with Gasteiger partial charge in [0.15, 0.2) is 5.69 Å². The monoisotopic (exact) mass is 366 g/mol. The van der Waals surface area contributed by atoms with Gasteiger partial charge in [-0.3, -0.25) is 4.79 Å². The Morgan fingerprint density at radius 3 is 2.64 bits per heavy atom. The average Bonchev–Trinajstić information content (AvgIpc) is 3.20. The zero-order chi connectivity index (χ0) is 18.6. The third-order valence-electron chi connectivity index (χ3n) is 4.13. The summed E-state index contributed by atoms with van der Waals surface area (Å²) in [5, 5.41) is 2.51. The Hall–Kier alpha value is -1.43. The van der Waals surface area contributed by atoms with Crippen molar-refractivity contribution in [2.45, 2.75) is 72.9 Å². The molecule has 0 saturated heterocycles. The molecule has 2 rings (SSSR count). The van der Waals surface area contributed by atoms with Crippen molar-refractivity contribution < 1.29 is 14.3 Å². The quantitative estimate of drug-likeness (QED) is 0.645. The minimum absolute atomic E-state index is 0.201. The molecule has 1 amide bonds. The van der Waals surface area contributed by atoms with E-state index in [1.165, 1.54) is 11.3 Å². The Morgan fingerprint density at radius 2 is 2.08 bits per heavy atom. The van der Waals surface area contributed by atoms with E-state index in [1.54, 1.807) is 12.3 Å². The Labute approximate surface area is 154 Å². The van der Waals surface area contributed by atoms with Gasteiger partial charge in [0.1, 0.15) is 5.01 Å². The molecule has 0 spiro atoms. The number of esters is 1. The molecule has 1 aliphatic carbocycles. The molecule has 1 saturated carbocycles. The fourth-order valence-electron chi connectivity index (χ4n) is 3.17. The second-order valence-electron chi connectivity index (χ2n) is 8.17. The summed E-state index contributed by atoms with van der Waals surface area (Å²) in [7, 11) is 0. The minimum Gasteiger partial charge on any atom is -0.461 e. The van der Waals surface area contributed by atoms with Gasteiger partial charge in [0.05, 0.1) is 13.2 Å². The number of thiazole rings is 1. The lowest BCUT2D eigenvalue weighted by molar-refractivity contribution is -0.133. The van der Waals surface area contributed by atoms with E-state index < -0.39 is 5.97 Å². The number of hydrogen-bond acceptors (Lipinski definition) is 5. The molecule has 140 valence electrons. The van der Waals surface area contributed by atoms with E-state index in [4.69, 9.17) is 4.74 Å². The fraction of sp³-hybridized carbons (Fsp3) is 0.737. The number of nitrogens with zero attached hydrogens (tertiary/aromatic N) is 2.